The molecule has 1 heterocycles. The number of amides is 3. The Bertz CT molecular complexity index is 985. The van der Waals surface area contributed by atoms with Gasteiger partial charge in [-0.3, -0.25) is 24.0 Å². The summed E-state index contributed by atoms with van der Waals surface area (Å²) in [4.78, 5) is 73.2. The summed E-state index contributed by atoms with van der Waals surface area (Å²) in [6.07, 6.45) is -0.753. The Morgan fingerprint density at radius 2 is 1.64 bits per heavy atom. The van der Waals surface area contributed by atoms with E-state index in [0.29, 0.717) is 12.8 Å². The van der Waals surface area contributed by atoms with Crippen LogP contribution in [0, 0.1) is 0 Å². The monoisotopic (exact) mass is 506 g/mol. The van der Waals surface area contributed by atoms with E-state index >= 15 is 0 Å². The Hall–Kier alpha value is -4.00. The summed E-state index contributed by atoms with van der Waals surface area (Å²) < 4.78 is 0. The Labute approximate surface area is 206 Å². The summed E-state index contributed by atoms with van der Waals surface area (Å²) in [5, 5.41) is 31.4. The molecule has 7 N–H and O–H groups in total. The van der Waals surface area contributed by atoms with Crippen molar-refractivity contribution in [3.63, 3.8) is 0 Å². The molecule has 1 aliphatic rings. The van der Waals surface area contributed by atoms with Crippen molar-refractivity contribution in [2.45, 2.75) is 62.7 Å². The first-order valence-electron chi connectivity index (χ1n) is 11.4. The number of carboxylic acid groups (broad SMARTS) is 3. The number of hydrogen-bond acceptors (Lipinski definition) is 7. The first-order valence-corrected chi connectivity index (χ1v) is 11.4. The molecule has 196 valence electrons. The lowest BCUT2D eigenvalue weighted by atomic mass is 10.0. The molecular formula is C23H30N4O9. The third-order valence-corrected chi connectivity index (χ3v) is 5.73. The van der Waals surface area contributed by atoms with Crippen LogP contribution in [0.3, 0.4) is 0 Å². The van der Waals surface area contributed by atoms with Crippen molar-refractivity contribution in [3.05, 3.63) is 35.9 Å². The topological polar surface area (TPSA) is 216 Å². The van der Waals surface area contributed by atoms with Crippen LogP contribution in [0.1, 0.15) is 37.7 Å². The molecule has 1 aromatic rings. The molecule has 0 radical (unpaired) electrons. The minimum Gasteiger partial charge on any atom is -0.481 e. The van der Waals surface area contributed by atoms with Gasteiger partial charge in [0.05, 0.1) is 12.5 Å². The normalized spacial score (nSPS) is 17.5. The Kier molecular flexibility index (Phi) is 10.3. The molecule has 0 aliphatic carbocycles. The van der Waals surface area contributed by atoms with Crippen LogP contribution >= 0.6 is 0 Å². The number of nitrogens with zero attached hydrogens (tertiary/aromatic N) is 1. The third-order valence-electron chi connectivity index (χ3n) is 5.73. The zero-order valence-electron chi connectivity index (χ0n) is 19.5. The van der Waals surface area contributed by atoms with Crippen molar-refractivity contribution in [1.82, 2.24) is 15.5 Å². The van der Waals surface area contributed by atoms with Crippen LogP contribution in [0.25, 0.3) is 0 Å². The van der Waals surface area contributed by atoms with Crippen LogP contribution in [-0.4, -0.2) is 86.6 Å². The molecule has 36 heavy (non-hydrogen) atoms. The van der Waals surface area contributed by atoms with Crippen molar-refractivity contribution in [3.8, 4) is 0 Å². The molecule has 4 unspecified atom stereocenters. The number of nitrogens with two attached hydrogens (primary N) is 1. The molecule has 1 saturated heterocycles. The molecule has 1 aliphatic heterocycles. The van der Waals surface area contributed by atoms with E-state index in [1.165, 1.54) is 4.90 Å². The van der Waals surface area contributed by atoms with Crippen LogP contribution in [0.2, 0.25) is 0 Å². The second-order valence-electron chi connectivity index (χ2n) is 8.48. The molecule has 0 aromatic heterocycles. The minimum absolute atomic E-state index is 0.258. The fourth-order valence-electron chi connectivity index (χ4n) is 3.92. The van der Waals surface area contributed by atoms with Crippen LogP contribution in [0.5, 0.6) is 0 Å². The van der Waals surface area contributed by atoms with Gasteiger partial charge in [-0.15, -0.1) is 0 Å². The number of carboxylic acids is 3. The van der Waals surface area contributed by atoms with Gasteiger partial charge in [-0.2, -0.15) is 0 Å². The van der Waals surface area contributed by atoms with E-state index < -0.39 is 72.6 Å². The Morgan fingerprint density at radius 1 is 0.972 bits per heavy atom. The molecular weight excluding hydrogens is 476 g/mol. The van der Waals surface area contributed by atoms with Gasteiger partial charge < -0.3 is 36.6 Å². The van der Waals surface area contributed by atoms with Gasteiger partial charge in [0.2, 0.25) is 17.7 Å². The van der Waals surface area contributed by atoms with Gasteiger partial charge in [0.25, 0.3) is 0 Å². The summed E-state index contributed by atoms with van der Waals surface area (Å²) >= 11 is 0. The molecule has 0 spiro atoms. The summed E-state index contributed by atoms with van der Waals surface area (Å²) in [5.41, 5.74) is 6.93. The van der Waals surface area contributed by atoms with Crippen LogP contribution in [0.15, 0.2) is 30.3 Å². The van der Waals surface area contributed by atoms with Gasteiger partial charge in [0.15, 0.2) is 0 Å². The summed E-state index contributed by atoms with van der Waals surface area (Å²) in [7, 11) is 0. The maximum absolute atomic E-state index is 13.0. The predicted octanol–water partition coefficient (Wildman–Crippen LogP) is -1.06. The minimum atomic E-state index is -1.78. The zero-order chi connectivity index (χ0) is 26.8. The number of carbonyl (C=O) groups is 6. The first-order chi connectivity index (χ1) is 17.0. The fraction of sp³-hybridized carbons (Fsp3) is 0.478. The van der Waals surface area contributed by atoms with E-state index in [1.807, 2.05) is 35.6 Å². The van der Waals surface area contributed by atoms with Crippen molar-refractivity contribution in [2.75, 3.05) is 6.54 Å². The van der Waals surface area contributed by atoms with Crippen LogP contribution in [0.4, 0.5) is 0 Å². The number of benzene rings is 1. The first kappa shape index (κ1) is 28.2. The number of carbonyl (C=O) groups excluding carboxylic acids is 3. The number of aliphatic carboxylic acids is 3. The maximum Gasteiger partial charge on any atom is 0.326 e. The molecule has 0 saturated carbocycles. The van der Waals surface area contributed by atoms with Gasteiger partial charge in [-0.25, -0.2) is 4.79 Å². The van der Waals surface area contributed by atoms with Gasteiger partial charge in [-0.05, 0) is 31.2 Å². The third kappa shape index (κ3) is 8.34. The molecule has 4 atom stereocenters. The van der Waals surface area contributed by atoms with Crippen molar-refractivity contribution >= 4 is 35.6 Å². The molecule has 13 nitrogen and oxygen atoms in total. The van der Waals surface area contributed by atoms with E-state index in [1.54, 1.807) is 0 Å². The van der Waals surface area contributed by atoms with Gasteiger partial charge >= 0.3 is 17.9 Å². The number of rotatable bonds is 13. The van der Waals surface area contributed by atoms with Gasteiger partial charge in [0, 0.05) is 13.0 Å². The summed E-state index contributed by atoms with van der Waals surface area (Å²) in [5.74, 6) is -6.55. The smallest absolute Gasteiger partial charge is 0.326 e. The summed E-state index contributed by atoms with van der Waals surface area (Å²) in [6.45, 7) is 0.269. The molecule has 1 fully saturated rings. The average molecular weight is 507 g/mol. The highest BCUT2D eigenvalue weighted by Crippen LogP contribution is 2.20. The standard InChI is InChI=1S/C23H30N4O9/c24-14(11-13-5-2-1-3-6-13)22(34)27-10-4-7-17(27)21(33)25-15(8-9-18(28)29)20(32)26-16(23(35)36)12-19(30)31/h1-3,5-6,14-17H,4,7-12,24H2,(H,25,33)(H,26,32)(H,28,29)(H,30,31)(H,35,36). The molecule has 1 aromatic carbocycles. The zero-order valence-corrected chi connectivity index (χ0v) is 19.5. The van der Waals surface area contributed by atoms with Crippen molar-refractivity contribution < 1.29 is 44.1 Å². The van der Waals surface area contributed by atoms with Gasteiger partial charge in [-0.1, -0.05) is 30.3 Å². The van der Waals surface area contributed by atoms with E-state index in [0.717, 1.165) is 5.56 Å². The number of likely N-dealkylation sites (tertiary alicyclic amines) is 1. The average Bonchev–Trinajstić information content (AvgIpc) is 3.30. The van der Waals surface area contributed by atoms with E-state index in [9.17, 15) is 28.8 Å². The lowest BCUT2D eigenvalue weighted by Crippen LogP contribution is -2.57. The van der Waals surface area contributed by atoms with E-state index in [4.69, 9.17) is 21.1 Å². The lowest BCUT2D eigenvalue weighted by molar-refractivity contribution is -0.147. The SMILES string of the molecule is NC(Cc1ccccc1)C(=O)N1CCCC1C(=O)NC(CCC(=O)O)C(=O)NC(CC(=O)O)C(=O)O. The predicted molar refractivity (Wildman–Crippen MR) is 123 cm³/mol. The second-order valence-corrected chi connectivity index (χ2v) is 8.48. The van der Waals surface area contributed by atoms with E-state index in [-0.39, 0.29) is 19.4 Å². The van der Waals surface area contributed by atoms with Crippen molar-refractivity contribution in [1.29, 1.82) is 0 Å². The Morgan fingerprint density at radius 3 is 2.22 bits per heavy atom. The fourth-order valence-corrected chi connectivity index (χ4v) is 3.92. The largest absolute Gasteiger partial charge is 0.481 e. The summed E-state index contributed by atoms with van der Waals surface area (Å²) in [6, 6.07) is 4.00. The molecule has 13 heteroatoms. The second kappa shape index (κ2) is 13.2. The van der Waals surface area contributed by atoms with E-state index in [2.05, 4.69) is 5.32 Å². The van der Waals surface area contributed by atoms with Crippen molar-refractivity contribution in [2.24, 2.45) is 5.73 Å². The lowest BCUT2D eigenvalue weighted by Gasteiger charge is -2.28. The highest BCUT2D eigenvalue weighted by molar-refractivity contribution is 5.95. The maximum atomic E-state index is 13.0. The van der Waals surface area contributed by atoms with Crippen LogP contribution < -0.4 is 16.4 Å². The highest BCUT2D eigenvalue weighted by atomic mass is 16.4. The quantitative estimate of drug-likeness (QED) is 0.190. The number of hydrogen-bond donors (Lipinski definition) is 6. The van der Waals surface area contributed by atoms with Gasteiger partial charge in [0.1, 0.15) is 18.1 Å². The molecule has 3 amide bonds. The van der Waals surface area contributed by atoms with Crippen LogP contribution in [-0.2, 0) is 35.2 Å². The highest BCUT2D eigenvalue weighted by Gasteiger charge is 2.38. The molecule has 2 rings (SSSR count). The molecule has 0 bridgehead atoms. The number of nitrogens with one attached hydrogen (secondary N) is 2. The Balaban J connectivity index is 2.10.